The van der Waals surface area contributed by atoms with Crippen LogP contribution in [0.3, 0.4) is 0 Å². The molecule has 0 aromatic carbocycles. The van der Waals surface area contributed by atoms with Gasteiger partial charge in [0.1, 0.15) is 22.6 Å². The van der Waals surface area contributed by atoms with E-state index in [1.807, 2.05) is 0 Å². The van der Waals surface area contributed by atoms with Crippen molar-refractivity contribution in [2.75, 3.05) is 0 Å². The Balaban J connectivity index is -0.000000157. The van der Waals surface area contributed by atoms with Gasteiger partial charge in [0.2, 0.25) is 0 Å². The predicted octanol–water partition coefficient (Wildman–Crippen LogP) is 9.79. The molecule has 0 aromatic rings. The molecule has 0 heterocycles. The number of rotatable bonds is 24. The van der Waals surface area contributed by atoms with Gasteiger partial charge < -0.3 is 19.6 Å². The topological polar surface area (TPSA) is 161 Å². The number of hydrogen-bond donors (Lipinski definition) is 0. The minimum atomic E-state index is -2.18. The van der Waals surface area contributed by atoms with Crippen LogP contribution >= 0.6 is 32.1 Å². The summed E-state index contributed by atoms with van der Waals surface area (Å²) >= 11 is 0. The smallest absolute Gasteiger partial charge is 0.595 e. The van der Waals surface area contributed by atoms with E-state index in [9.17, 15) is 37.8 Å². The Labute approximate surface area is 296 Å². The zero-order chi connectivity index (χ0) is 34.8. The van der Waals surface area contributed by atoms with Crippen molar-refractivity contribution in [3.63, 3.8) is 0 Å². The van der Waals surface area contributed by atoms with Gasteiger partial charge in [0, 0.05) is 0 Å². The second-order valence-corrected chi connectivity index (χ2v) is 17.7. The third kappa shape index (κ3) is 49.4. The maximum Gasteiger partial charge on any atom is 4.00 e. The monoisotopic (exact) mass is 802 g/mol. The maximum absolute atomic E-state index is 10.4. The fourth-order valence-electron chi connectivity index (χ4n) is 3.89. The SMILES string of the molecule is CCCCCCC(C)[P+](=O)[O-].CCCCCCC(C)[P+](=O)[O-].CCCCCCC(C)[P+](=O)[O-].CCCCCCC(C)[P+](=O)[O-].[Mo+4]. The van der Waals surface area contributed by atoms with Crippen LogP contribution in [-0.4, -0.2) is 22.6 Å². The summed E-state index contributed by atoms with van der Waals surface area (Å²) in [4.78, 5) is 41.6. The first-order chi connectivity index (χ1) is 20.7. The standard InChI is InChI=1S/4C8H17O2P.Mo/c4*1-3-4-5-6-7-8(2)11(9)10;/h4*8H,3-7H2,1-2H3;/q;;;;+4. The molecule has 0 spiro atoms. The zero-order valence-corrected chi connectivity index (χ0v) is 35.5. The summed E-state index contributed by atoms with van der Waals surface area (Å²) in [6.07, 6.45) is 21.9. The van der Waals surface area contributed by atoms with Gasteiger partial charge in [0.15, 0.2) is 0 Å². The quantitative estimate of drug-likeness (QED) is 0.0530. The van der Waals surface area contributed by atoms with Crippen LogP contribution in [-0.2, 0) is 39.3 Å². The first kappa shape index (κ1) is 55.3. The Morgan fingerprint density at radius 1 is 0.356 bits per heavy atom. The first-order valence-electron chi connectivity index (χ1n) is 17.3. The summed E-state index contributed by atoms with van der Waals surface area (Å²) in [5.41, 5.74) is -0.493. The molecule has 0 aromatic heterocycles. The molecule has 0 radical (unpaired) electrons. The summed E-state index contributed by atoms with van der Waals surface area (Å²) in [6, 6.07) is 0. The van der Waals surface area contributed by atoms with Crippen molar-refractivity contribution in [2.24, 2.45) is 0 Å². The molecule has 0 aliphatic heterocycles. The third-order valence-corrected chi connectivity index (χ3v) is 11.3. The van der Waals surface area contributed by atoms with Crippen LogP contribution in [0.4, 0.5) is 0 Å². The van der Waals surface area contributed by atoms with Crippen LogP contribution < -0.4 is 19.6 Å². The van der Waals surface area contributed by atoms with Crippen LogP contribution in [0.5, 0.6) is 0 Å². The molecular formula is C32H68MoO8P4+4. The molecule has 0 amide bonds. The fourth-order valence-corrected chi connectivity index (χ4v) is 5.46. The third-order valence-electron chi connectivity index (χ3n) is 7.34. The van der Waals surface area contributed by atoms with E-state index in [1.54, 1.807) is 27.7 Å². The predicted molar refractivity (Wildman–Crippen MR) is 183 cm³/mol. The minimum absolute atomic E-state index is 0. The van der Waals surface area contributed by atoms with E-state index in [1.165, 1.54) is 77.0 Å². The second-order valence-electron chi connectivity index (χ2n) is 11.9. The Morgan fingerprint density at radius 3 is 0.622 bits per heavy atom. The van der Waals surface area contributed by atoms with Crippen molar-refractivity contribution < 1.29 is 58.9 Å². The summed E-state index contributed by atoms with van der Waals surface area (Å²) in [6.45, 7) is 15.7. The van der Waals surface area contributed by atoms with Crippen LogP contribution in [0.25, 0.3) is 0 Å². The van der Waals surface area contributed by atoms with E-state index in [4.69, 9.17) is 0 Å². The van der Waals surface area contributed by atoms with Gasteiger partial charge in [-0.25, -0.2) is 0 Å². The molecule has 0 rings (SSSR count). The molecule has 0 aliphatic carbocycles. The molecule has 45 heavy (non-hydrogen) atoms. The molecule has 8 atom stereocenters. The van der Waals surface area contributed by atoms with Crippen molar-refractivity contribution in [2.45, 2.75) is 206 Å². The molecule has 0 N–H and O–H groups in total. The molecule has 0 saturated carbocycles. The Bertz CT molecular complexity index is 578. The van der Waals surface area contributed by atoms with Crippen molar-refractivity contribution in [3.8, 4) is 0 Å². The summed E-state index contributed by atoms with van der Waals surface area (Å²) < 4.78 is 41.6. The zero-order valence-electron chi connectivity index (χ0n) is 29.9. The van der Waals surface area contributed by atoms with E-state index in [0.717, 1.165) is 51.4 Å². The molecule has 0 bridgehead atoms. The van der Waals surface area contributed by atoms with Gasteiger partial charge >= 0.3 is 53.2 Å². The molecule has 13 heteroatoms. The fraction of sp³-hybridized carbons (Fsp3) is 1.00. The summed E-state index contributed by atoms with van der Waals surface area (Å²) in [5, 5.41) is 0. The molecule has 8 nitrogen and oxygen atoms in total. The van der Waals surface area contributed by atoms with Crippen LogP contribution in [0.15, 0.2) is 0 Å². The van der Waals surface area contributed by atoms with Crippen LogP contribution in [0.2, 0.25) is 0 Å². The van der Waals surface area contributed by atoms with E-state index in [0.29, 0.717) is 0 Å². The molecule has 0 fully saturated rings. The van der Waals surface area contributed by atoms with Crippen molar-refractivity contribution in [1.82, 2.24) is 0 Å². The molecular weight excluding hydrogens is 732 g/mol. The van der Waals surface area contributed by atoms with E-state index < -0.39 is 32.1 Å². The largest absolute Gasteiger partial charge is 4.00 e. The van der Waals surface area contributed by atoms with Gasteiger partial charge in [-0.05, 0) is 79.1 Å². The molecule has 0 aliphatic rings. The number of unbranched alkanes of at least 4 members (excludes halogenated alkanes) is 12. The van der Waals surface area contributed by atoms with Crippen molar-refractivity contribution >= 4 is 32.1 Å². The van der Waals surface area contributed by atoms with E-state index in [2.05, 4.69) is 27.7 Å². The van der Waals surface area contributed by atoms with Gasteiger partial charge in [-0.15, -0.1) is 0 Å². The van der Waals surface area contributed by atoms with Crippen LogP contribution in [0, 0.1) is 0 Å². The molecule has 0 saturated heterocycles. The summed E-state index contributed by atoms with van der Waals surface area (Å²) in [5.74, 6) is 0. The van der Waals surface area contributed by atoms with Gasteiger partial charge in [-0.2, -0.15) is 0 Å². The Hall–Kier alpha value is 0.928. The molecule has 8 unspecified atom stereocenters. The minimum Gasteiger partial charge on any atom is -0.595 e. The van der Waals surface area contributed by atoms with Crippen LogP contribution in [0.1, 0.15) is 184 Å². The van der Waals surface area contributed by atoms with E-state index in [-0.39, 0.29) is 43.7 Å². The first-order valence-corrected chi connectivity index (χ1v) is 22.3. The Kier molecular flexibility index (Phi) is 52.8. The van der Waals surface area contributed by atoms with Gasteiger partial charge in [0.05, 0.1) is 0 Å². The molecule has 266 valence electrons. The maximum atomic E-state index is 10.4. The Morgan fingerprint density at radius 2 is 0.511 bits per heavy atom. The van der Waals surface area contributed by atoms with Gasteiger partial charge in [-0.3, -0.25) is 0 Å². The van der Waals surface area contributed by atoms with Gasteiger partial charge in [-0.1, -0.05) is 123 Å². The average molecular weight is 801 g/mol. The normalized spacial score (nSPS) is 14.3. The van der Waals surface area contributed by atoms with Gasteiger partial charge in [0.25, 0.3) is 0 Å². The second kappa shape index (κ2) is 43.0. The van der Waals surface area contributed by atoms with E-state index >= 15 is 0 Å². The summed E-state index contributed by atoms with van der Waals surface area (Å²) in [7, 11) is -8.73. The average Bonchev–Trinajstić information content (AvgIpc) is 2.98. The van der Waals surface area contributed by atoms with Crippen molar-refractivity contribution in [3.05, 3.63) is 0 Å². The number of hydrogen-bond acceptors (Lipinski definition) is 8. The van der Waals surface area contributed by atoms with Crippen molar-refractivity contribution in [1.29, 1.82) is 0 Å².